The van der Waals surface area contributed by atoms with Gasteiger partial charge in [0.2, 0.25) is 0 Å². The molecule has 1 unspecified atom stereocenters. The second-order valence-electron chi connectivity index (χ2n) is 1.62. The lowest BCUT2D eigenvalue weighted by molar-refractivity contribution is 0.0419. The molecule has 12 heavy (non-hydrogen) atoms. The summed E-state index contributed by atoms with van der Waals surface area (Å²) in [6.45, 7) is -1.15. The number of phosphoric acid groups is 1. The fraction of sp³-hybridized carbons (Fsp3) is 1.00. The minimum absolute atomic E-state index is 0. The molecule has 0 rings (SSSR count). The zero-order chi connectivity index (χ0) is 8.20. The van der Waals surface area contributed by atoms with Gasteiger partial charge in [0, 0.05) is 0 Å². The van der Waals surface area contributed by atoms with Crippen molar-refractivity contribution in [1.29, 1.82) is 0 Å². The van der Waals surface area contributed by atoms with Crippen LogP contribution >= 0.6 is 7.82 Å². The van der Waals surface area contributed by atoms with E-state index in [0.717, 1.165) is 0 Å². The Morgan fingerprint density at radius 2 is 1.75 bits per heavy atom. The molecule has 0 heterocycles. The molecule has 8 nitrogen and oxygen atoms in total. The van der Waals surface area contributed by atoms with Crippen molar-refractivity contribution in [2.45, 2.75) is 6.10 Å². The van der Waals surface area contributed by atoms with Crippen molar-refractivity contribution in [2.24, 2.45) is 0 Å². The molecule has 0 fully saturated rings. The molecule has 0 amide bonds. The first-order valence-electron chi connectivity index (χ1n) is 2.44. The van der Waals surface area contributed by atoms with Gasteiger partial charge in [0.15, 0.2) is 0 Å². The van der Waals surface area contributed by atoms with E-state index in [4.69, 9.17) is 20.0 Å². The van der Waals surface area contributed by atoms with E-state index in [1.54, 1.807) is 0 Å². The van der Waals surface area contributed by atoms with E-state index in [1.807, 2.05) is 0 Å². The molecule has 10 N–H and O–H groups in total. The summed E-state index contributed by atoms with van der Waals surface area (Å²) in [6.07, 6.45) is -1.24. The van der Waals surface area contributed by atoms with Crippen molar-refractivity contribution >= 4 is 7.82 Å². The Morgan fingerprint density at radius 3 is 2.00 bits per heavy atom. The predicted molar refractivity (Wildman–Crippen MR) is 41.1 cm³/mol. The maximum atomic E-state index is 9.93. The number of phosphoric ester groups is 1. The highest BCUT2D eigenvalue weighted by molar-refractivity contribution is 7.46. The number of aliphatic hydroxyl groups is 2. The van der Waals surface area contributed by atoms with Crippen molar-refractivity contribution in [3.63, 3.8) is 0 Å². The minimum atomic E-state index is -4.50. The van der Waals surface area contributed by atoms with E-state index in [2.05, 4.69) is 4.52 Å². The predicted octanol–water partition coefficient (Wildman–Crippen LogP) is -1.23. The van der Waals surface area contributed by atoms with Gasteiger partial charge in [-0.15, -0.1) is 0 Å². The Balaban J connectivity index is -0.000000405. The standard InChI is InChI=1S/C3H9O6P.2H3N/c4-1-3(5)2-9-10(6,7)8;;/h3-5H,1-2H2,(H2,6,7,8);2*1H3. The van der Waals surface area contributed by atoms with E-state index in [9.17, 15) is 4.57 Å². The molecule has 78 valence electrons. The summed E-state index contributed by atoms with van der Waals surface area (Å²) in [5.41, 5.74) is 0. The molecule has 0 aromatic rings. The van der Waals surface area contributed by atoms with Gasteiger partial charge in [0.1, 0.15) is 6.10 Å². The molecule has 0 aromatic carbocycles. The lowest BCUT2D eigenvalue weighted by atomic mass is 10.4. The van der Waals surface area contributed by atoms with Gasteiger partial charge in [-0.25, -0.2) is 4.57 Å². The third-order valence-electron chi connectivity index (χ3n) is 0.646. The van der Waals surface area contributed by atoms with Gasteiger partial charge < -0.3 is 32.3 Å². The van der Waals surface area contributed by atoms with Crippen molar-refractivity contribution in [3.05, 3.63) is 0 Å². The average Bonchev–Trinajstić information content (AvgIpc) is 1.81. The van der Waals surface area contributed by atoms with Gasteiger partial charge in [0.25, 0.3) is 0 Å². The van der Waals surface area contributed by atoms with Gasteiger partial charge in [-0.1, -0.05) is 0 Å². The number of hydrogen-bond donors (Lipinski definition) is 6. The van der Waals surface area contributed by atoms with E-state index in [1.165, 1.54) is 0 Å². The van der Waals surface area contributed by atoms with E-state index < -0.39 is 27.1 Å². The van der Waals surface area contributed by atoms with Crippen molar-refractivity contribution in [1.82, 2.24) is 12.3 Å². The number of rotatable bonds is 4. The van der Waals surface area contributed by atoms with Crippen molar-refractivity contribution in [3.8, 4) is 0 Å². The molecule has 9 heteroatoms. The first-order valence-corrected chi connectivity index (χ1v) is 3.98. The van der Waals surface area contributed by atoms with Crippen molar-refractivity contribution < 1.29 is 29.1 Å². The fourth-order valence-corrected chi connectivity index (χ4v) is 0.602. The van der Waals surface area contributed by atoms with Crippen LogP contribution in [0.1, 0.15) is 0 Å². The zero-order valence-corrected chi connectivity index (χ0v) is 7.35. The van der Waals surface area contributed by atoms with Crippen molar-refractivity contribution in [2.75, 3.05) is 13.2 Å². The van der Waals surface area contributed by atoms with Crippen LogP contribution in [0.15, 0.2) is 0 Å². The molecular weight excluding hydrogens is 191 g/mol. The van der Waals surface area contributed by atoms with Gasteiger partial charge >= 0.3 is 7.82 Å². The fourth-order valence-electron chi connectivity index (χ4n) is 0.236. The zero-order valence-electron chi connectivity index (χ0n) is 6.46. The van der Waals surface area contributed by atoms with Crippen LogP contribution in [0.25, 0.3) is 0 Å². The van der Waals surface area contributed by atoms with Gasteiger partial charge in [0.05, 0.1) is 13.2 Å². The molecule has 0 radical (unpaired) electrons. The first kappa shape index (κ1) is 17.9. The van der Waals surface area contributed by atoms with E-state index >= 15 is 0 Å². The normalized spacial score (nSPS) is 12.7. The van der Waals surface area contributed by atoms with Crippen LogP contribution in [0.4, 0.5) is 0 Å². The highest BCUT2D eigenvalue weighted by atomic mass is 31.2. The van der Waals surface area contributed by atoms with Crippen LogP contribution in [0, 0.1) is 0 Å². The Labute approximate surface area is 69.6 Å². The molecule has 0 saturated heterocycles. The Bertz CT molecular complexity index is 137. The van der Waals surface area contributed by atoms with E-state index in [0.29, 0.717) is 0 Å². The van der Waals surface area contributed by atoms with Gasteiger partial charge in [-0.3, -0.25) is 4.52 Å². The summed E-state index contributed by atoms with van der Waals surface area (Å²) >= 11 is 0. The second kappa shape index (κ2) is 7.59. The average molecular weight is 206 g/mol. The molecule has 0 bridgehead atoms. The molecule has 0 spiro atoms. The molecular formula is C3H15N2O6P. The number of aliphatic hydroxyl groups excluding tert-OH is 2. The maximum absolute atomic E-state index is 9.93. The van der Waals surface area contributed by atoms with Gasteiger partial charge in [-0.05, 0) is 0 Å². The van der Waals surface area contributed by atoms with Crippen LogP contribution in [-0.4, -0.2) is 39.3 Å². The summed E-state index contributed by atoms with van der Waals surface area (Å²) in [4.78, 5) is 16.1. The molecule has 0 saturated carbocycles. The molecule has 1 atom stereocenters. The Kier molecular flexibility index (Phi) is 11.3. The topological polar surface area (TPSA) is 177 Å². The monoisotopic (exact) mass is 206 g/mol. The minimum Gasteiger partial charge on any atom is -0.394 e. The first-order chi connectivity index (χ1) is 4.45. The highest BCUT2D eigenvalue weighted by Crippen LogP contribution is 2.35. The summed E-state index contributed by atoms with van der Waals surface area (Å²) in [5.74, 6) is 0. The van der Waals surface area contributed by atoms with Crippen LogP contribution in [-0.2, 0) is 9.09 Å². The lowest BCUT2D eigenvalue weighted by Gasteiger charge is -2.07. The summed E-state index contributed by atoms with van der Waals surface area (Å²) in [5, 5.41) is 16.7. The van der Waals surface area contributed by atoms with Crippen LogP contribution in [0.5, 0.6) is 0 Å². The lowest BCUT2D eigenvalue weighted by Crippen LogP contribution is -2.18. The summed E-state index contributed by atoms with van der Waals surface area (Å²) in [7, 11) is -4.50. The summed E-state index contributed by atoms with van der Waals surface area (Å²) < 4.78 is 13.8. The smallest absolute Gasteiger partial charge is 0.394 e. The molecule has 0 aromatic heterocycles. The van der Waals surface area contributed by atoms with Crippen LogP contribution < -0.4 is 12.3 Å². The molecule has 0 aliphatic heterocycles. The van der Waals surface area contributed by atoms with Crippen LogP contribution in [0.3, 0.4) is 0 Å². The highest BCUT2D eigenvalue weighted by Gasteiger charge is 2.15. The summed E-state index contributed by atoms with van der Waals surface area (Å²) in [6, 6.07) is 0. The number of hydrogen-bond acceptors (Lipinski definition) is 6. The maximum Gasteiger partial charge on any atom is 0.469 e. The van der Waals surface area contributed by atoms with E-state index in [-0.39, 0.29) is 12.3 Å². The molecule has 0 aliphatic rings. The largest absolute Gasteiger partial charge is 0.469 e. The van der Waals surface area contributed by atoms with Crippen LogP contribution in [0.2, 0.25) is 0 Å². The molecule has 0 aliphatic carbocycles. The third kappa shape index (κ3) is 12.6. The quantitative estimate of drug-likeness (QED) is 0.309. The SMILES string of the molecule is N.N.O=P(O)(O)OCC(O)CO. The third-order valence-corrected chi connectivity index (χ3v) is 1.13. The van der Waals surface area contributed by atoms with Gasteiger partial charge in [-0.2, -0.15) is 0 Å². The Morgan fingerprint density at radius 1 is 1.33 bits per heavy atom. The Hall–Kier alpha value is -0.0500. The second-order valence-corrected chi connectivity index (χ2v) is 2.86.